The smallest absolute Gasteiger partial charge is 0.256 e. The zero-order valence-electron chi connectivity index (χ0n) is 17.2. The number of amides is 1. The number of hydrogen-bond donors (Lipinski definition) is 1. The number of rotatable bonds is 5. The topological polar surface area (TPSA) is 103 Å². The van der Waals surface area contributed by atoms with Crippen LogP contribution in [-0.4, -0.2) is 47.8 Å². The van der Waals surface area contributed by atoms with E-state index in [-0.39, 0.29) is 16.9 Å². The summed E-state index contributed by atoms with van der Waals surface area (Å²) in [7, 11) is -3.25. The summed E-state index contributed by atoms with van der Waals surface area (Å²) in [5.41, 5.74) is 3.72. The molecule has 0 saturated heterocycles. The van der Waals surface area contributed by atoms with Crippen LogP contribution in [0, 0.1) is 0 Å². The van der Waals surface area contributed by atoms with Crippen LogP contribution in [0.3, 0.4) is 0 Å². The van der Waals surface area contributed by atoms with Gasteiger partial charge in [-0.1, -0.05) is 30.3 Å². The molecule has 1 aliphatic rings. The molecule has 1 N–H and O–H groups in total. The van der Waals surface area contributed by atoms with Crippen molar-refractivity contribution in [3.63, 3.8) is 0 Å². The Hall–Kier alpha value is -3.72. The number of sulfone groups is 1. The minimum atomic E-state index is -3.25. The van der Waals surface area contributed by atoms with Gasteiger partial charge in [0.2, 0.25) is 0 Å². The van der Waals surface area contributed by atoms with Crippen LogP contribution in [0.5, 0.6) is 5.75 Å². The van der Waals surface area contributed by atoms with Crippen molar-refractivity contribution >= 4 is 21.4 Å². The molecule has 0 bridgehead atoms. The zero-order valence-corrected chi connectivity index (χ0v) is 18.0. The van der Waals surface area contributed by atoms with E-state index in [2.05, 4.69) is 15.4 Å². The van der Waals surface area contributed by atoms with E-state index in [1.165, 1.54) is 12.5 Å². The molecule has 0 unspecified atom stereocenters. The Labute approximate surface area is 184 Å². The number of para-hydroxylation sites is 1. The Morgan fingerprint density at radius 2 is 2.00 bits per heavy atom. The second-order valence-corrected chi connectivity index (χ2v) is 9.71. The Morgan fingerprint density at radius 3 is 2.78 bits per heavy atom. The van der Waals surface area contributed by atoms with Crippen molar-refractivity contribution < 1.29 is 17.9 Å². The average Bonchev–Trinajstić information content (AvgIpc) is 3.41. The fourth-order valence-corrected chi connectivity index (χ4v) is 4.48. The van der Waals surface area contributed by atoms with Crippen molar-refractivity contribution in [3.8, 4) is 16.9 Å². The number of benzene rings is 2. The van der Waals surface area contributed by atoms with Gasteiger partial charge in [-0.2, -0.15) is 5.10 Å². The van der Waals surface area contributed by atoms with E-state index >= 15 is 0 Å². The number of nitrogens with one attached hydrogen (secondary N) is 1. The predicted octanol–water partition coefficient (Wildman–Crippen LogP) is 2.53. The van der Waals surface area contributed by atoms with E-state index in [4.69, 9.17) is 4.74 Å². The van der Waals surface area contributed by atoms with E-state index in [0.29, 0.717) is 24.2 Å². The number of aromatic nitrogens is 3. The highest BCUT2D eigenvalue weighted by Gasteiger charge is 2.26. The molecular formula is C23H20N4O4S. The van der Waals surface area contributed by atoms with Crippen molar-refractivity contribution in [1.29, 1.82) is 0 Å². The Morgan fingerprint density at radius 1 is 1.19 bits per heavy atom. The first-order chi connectivity index (χ1) is 15.4. The number of carbonyl (C=O) groups excluding carboxylic acids is 1. The molecule has 0 spiro atoms. The third-order valence-corrected chi connectivity index (χ3v) is 6.56. The first-order valence-electron chi connectivity index (χ1n) is 10.1. The molecule has 5 rings (SSSR count). The quantitative estimate of drug-likeness (QED) is 0.503. The van der Waals surface area contributed by atoms with Gasteiger partial charge in [-0.15, -0.1) is 0 Å². The van der Waals surface area contributed by atoms with Crippen LogP contribution in [0.15, 0.2) is 72.0 Å². The van der Waals surface area contributed by atoms with E-state index in [9.17, 15) is 13.2 Å². The molecule has 2 aromatic heterocycles. The molecule has 3 heterocycles. The van der Waals surface area contributed by atoms with Crippen molar-refractivity contribution in [1.82, 2.24) is 19.9 Å². The molecule has 0 fully saturated rings. The highest BCUT2D eigenvalue weighted by atomic mass is 32.2. The second kappa shape index (κ2) is 7.76. The lowest BCUT2D eigenvalue weighted by Crippen LogP contribution is -2.34. The van der Waals surface area contributed by atoms with Crippen molar-refractivity contribution in [3.05, 3.63) is 78.2 Å². The van der Waals surface area contributed by atoms with Crippen LogP contribution in [0.1, 0.15) is 15.9 Å². The lowest BCUT2D eigenvalue weighted by Gasteiger charge is -2.13. The van der Waals surface area contributed by atoms with Gasteiger partial charge in [0.1, 0.15) is 17.4 Å². The van der Waals surface area contributed by atoms with E-state index < -0.39 is 9.84 Å². The summed E-state index contributed by atoms with van der Waals surface area (Å²) >= 11 is 0. The molecule has 4 aromatic rings. The molecule has 0 aliphatic carbocycles. The van der Waals surface area contributed by atoms with Crippen LogP contribution in [-0.2, 0) is 16.3 Å². The molecular weight excluding hydrogens is 428 g/mol. The van der Waals surface area contributed by atoms with Crippen LogP contribution >= 0.6 is 0 Å². The van der Waals surface area contributed by atoms with Crippen molar-refractivity contribution in [2.75, 3.05) is 12.8 Å². The number of hydrogen-bond acceptors (Lipinski definition) is 6. The Balaban J connectivity index is 1.31. The second-order valence-electron chi connectivity index (χ2n) is 7.69. The van der Waals surface area contributed by atoms with Gasteiger partial charge in [0.05, 0.1) is 17.6 Å². The largest absolute Gasteiger partial charge is 0.487 e. The maximum absolute atomic E-state index is 12.6. The molecule has 162 valence electrons. The molecule has 32 heavy (non-hydrogen) atoms. The number of carbonyl (C=O) groups is 1. The summed E-state index contributed by atoms with van der Waals surface area (Å²) in [6.07, 6.45) is 6.50. The first kappa shape index (κ1) is 20.2. The fraction of sp³-hybridized carbons (Fsp3) is 0.174. The van der Waals surface area contributed by atoms with Gasteiger partial charge in [0.25, 0.3) is 5.91 Å². The van der Waals surface area contributed by atoms with Gasteiger partial charge in [0.15, 0.2) is 15.5 Å². The van der Waals surface area contributed by atoms with Crippen LogP contribution in [0.2, 0.25) is 0 Å². The number of fused-ring (bicyclic) bond motifs is 2. The van der Waals surface area contributed by atoms with Crippen LogP contribution in [0.4, 0.5) is 0 Å². The molecule has 8 nitrogen and oxygen atoms in total. The molecule has 0 saturated carbocycles. The third kappa shape index (κ3) is 3.71. The van der Waals surface area contributed by atoms with Gasteiger partial charge in [-0.3, -0.25) is 4.79 Å². The van der Waals surface area contributed by atoms with E-state index in [1.807, 2.05) is 18.2 Å². The lowest BCUT2D eigenvalue weighted by molar-refractivity contribution is 0.0935. The van der Waals surface area contributed by atoms with Crippen molar-refractivity contribution in [2.24, 2.45) is 0 Å². The predicted molar refractivity (Wildman–Crippen MR) is 118 cm³/mol. The Kier molecular flexibility index (Phi) is 4.90. The standard InChI is InChI=1S/C23H20N4O4S/c1-32(29,30)18-8-6-15(7-9-18)19-5-2-4-16-12-17(31-21(16)19)13-25-23(28)20-14-26-27-11-3-10-24-22(20)27/h2-11,14,17H,12-13H2,1H3,(H,25,28)/t17-/m1/s1. The molecule has 1 amide bonds. The normalized spacial score (nSPS) is 15.3. The van der Waals surface area contributed by atoms with Gasteiger partial charge in [0, 0.05) is 30.6 Å². The monoisotopic (exact) mass is 448 g/mol. The van der Waals surface area contributed by atoms with Gasteiger partial charge < -0.3 is 10.1 Å². The third-order valence-electron chi connectivity index (χ3n) is 5.44. The highest BCUT2D eigenvalue weighted by Crippen LogP contribution is 2.38. The first-order valence-corrected chi connectivity index (χ1v) is 11.9. The summed E-state index contributed by atoms with van der Waals surface area (Å²) in [4.78, 5) is 17.1. The zero-order chi connectivity index (χ0) is 22.3. The van der Waals surface area contributed by atoms with E-state index in [1.54, 1.807) is 47.2 Å². The highest BCUT2D eigenvalue weighted by molar-refractivity contribution is 7.90. The van der Waals surface area contributed by atoms with Crippen LogP contribution in [0.25, 0.3) is 16.8 Å². The maximum atomic E-state index is 12.6. The number of ether oxygens (including phenoxy) is 1. The average molecular weight is 449 g/mol. The summed E-state index contributed by atoms with van der Waals surface area (Å²) < 4.78 is 31.2. The lowest BCUT2D eigenvalue weighted by atomic mass is 10.0. The minimum Gasteiger partial charge on any atom is -0.487 e. The Bertz CT molecular complexity index is 1430. The van der Waals surface area contributed by atoms with Gasteiger partial charge in [-0.25, -0.2) is 17.9 Å². The van der Waals surface area contributed by atoms with E-state index in [0.717, 1.165) is 22.4 Å². The summed E-state index contributed by atoms with van der Waals surface area (Å²) in [5, 5.41) is 7.06. The molecule has 1 aliphatic heterocycles. The van der Waals surface area contributed by atoms with Crippen molar-refractivity contribution in [2.45, 2.75) is 17.4 Å². The molecule has 0 radical (unpaired) electrons. The maximum Gasteiger partial charge on any atom is 0.256 e. The summed E-state index contributed by atoms with van der Waals surface area (Å²) in [5.74, 6) is 0.506. The number of nitrogens with zero attached hydrogens (tertiary/aromatic N) is 3. The molecule has 1 atom stereocenters. The fourth-order valence-electron chi connectivity index (χ4n) is 3.85. The molecule has 9 heteroatoms. The SMILES string of the molecule is CS(=O)(=O)c1ccc(-c2cccc3c2O[C@@H](CNC(=O)c2cnn4cccnc24)C3)cc1. The van der Waals surface area contributed by atoms with Gasteiger partial charge in [-0.05, 0) is 29.3 Å². The molecule has 2 aromatic carbocycles. The summed E-state index contributed by atoms with van der Waals surface area (Å²) in [6.45, 7) is 0.337. The van der Waals surface area contributed by atoms with Gasteiger partial charge >= 0.3 is 0 Å². The summed E-state index contributed by atoms with van der Waals surface area (Å²) in [6, 6.07) is 14.4. The minimum absolute atomic E-state index is 0.208. The van der Waals surface area contributed by atoms with Crippen LogP contribution < -0.4 is 10.1 Å².